The van der Waals surface area contributed by atoms with Crippen molar-refractivity contribution in [2.24, 2.45) is 0 Å². The maximum absolute atomic E-state index is 11.8. The Labute approximate surface area is 136 Å². The maximum Gasteiger partial charge on any atom is 0.152 e. The van der Waals surface area contributed by atoms with Crippen LogP contribution in [0.1, 0.15) is 25.8 Å². The number of anilines is 1. The number of nitrogens with zero attached hydrogens (tertiary/aromatic N) is 1. The summed E-state index contributed by atoms with van der Waals surface area (Å²) in [5.74, 6) is 0.555. The van der Waals surface area contributed by atoms with Gasteiger partial charge in [-0.1, -0.05) is 29.8 Å². The van der Waals surface area contributed by atoms with E-state index in [9.17, 15) is 8.42 Å². The fourth-order valence-electron chi connectivity index (χ4n) is 2.50. The number of rotatable bonds is 4. The minimum atomic E-state index is -2.87. The van der Waals surface area contributed by atoms with Crippen molar-refractivity contribution in [1.29, 1.82) is 0 Å². The molecule has 0 spiro atoms. The van der Waals surface area contributed by atoms with Gasteiger partial charge in [0.15, 0.2) is 9.84 Å². The molecule has 6 heteroatoms. The number of halogens is 1. The first-order valence-electron chi connectivity index (χ1n) is 7.34. The van der Waals surface area contributed by atoms with Crippen LogP contribution in [-0.4, -0.2) is 39.1 Å². The molecule has 21 heavy (non-hydrogen) atoms. The van der Waals surface area contributed by atoms with E-state index in [0.29, 0.717) is 24.8 Å². The first-order chi connectivity index (χ1) is 9.87. The Balaban J connectivity index is 2.21. The van der Waals surface area contributed by atoms with Crippen LogP contribution >= 0.6 is 15.9 Å². The van der Waals surface area contributed by atoms with Crippen LogP contribution in [0.4, 0.5) is 5.69 Å². The number of sulfone groups is 1. The SMILES string of the molecule is CC(C)NCc1cc(Br)ccc1N1CCCS(=O)(=O)CC1. The fourth-order valence-corrected chi connectivity index (χ4v) is 4.18. The third-order valence-corrected chi connectivity index (χ3v) is 5.85. The standard InChI is InChI=1S/C15H23BrN2O2S/c1-12(2)17-11-13-10-14(16)4-5-15(13)18-6-3-8-21(19,20)9-7-18/h4-5,10,12,17H,3,6-9,11H2,1-2H3. The predicted octanol–water partition coefficient (Wildman–Crippen LogP) is 2.57. The molecule has 2 rings (SSSR count). The van der Waals surface area contributed by atoms with Crippen LogP contribution in [0.25, 0.3) is 0 Å². The van der Waals surface area contributed by atoms with E-state index in [1.165, 1.54) is 5.56 Å². The summed E-state index contributed by atoms with van der Waals surface area (Å²) in [7, 11) is -2.87. The molecule has 0 radical (unpaired) electrons. The van der Waals surface area contributed by atoms with E-state index >= 15 is 0 Å². The average Bonchev–Trinajstić information content (AvgIpc) is 2.57. The summed E-state index contributed by atoms with van der Waals surface area (Å²) in [6.45, 7) is 6.41. The highest BCUT2D eigenvalue weighted by atomic mass is 79.9. The van der Waals surface area contributed by atoms with Crippen LogP contribution in [0.5, 0.6) is 0 Å². The number of benzene rings is 1. The zero-order valence-electron chi connectivity index (χ0n) is 12.6. The Morgan fingerprint density at radius 3 is 2.76 bits per heavy atom. The summed E-state index contributed by atoms with van der Waals surface area (Å²) in [6.07, 6.45) is 0.704. The number of hydrogen-bond acceptors (Lipinski definition) is 4. The van der Waals surface area contributed by atoms with Crippen molar-refractivity contribution in [2.45, 2.75) is 32.9 Å². The Kier molecular flexibility index (Phi) is 5.68. The molecule has 1 aliphatic heterocycles. The second-order valence-electron chi connectivity index (χ2n) is 5.80. The van der Waals surface area contributed by atoms with Crippen molar-refractivity contribution in [2.75, 3.05) is 29.5 Å². The molecule has 0 atom stereocenters. The molecule has 1 aromatic rings. The molecule has 1 fully saturated rings. The second kappa shape index (κ2) is 7.11. The van der Waals surface area contributed by atoms with E-state index < -0.39 is 9.84 Å². The molecule has 0 amide bonds. The molecule has 1 aromatic carbocycles. The minimum Gasteiger partial charge on any atom is -0.370 e. The zero-order valence-corrected chi connectivity index (χ0v) is 15.0. The molecule has 1 N–H and O–H groups in total. The van der Waals surface area contributed by atoms with Crippen LogP contribution in [0.2, 0.25) is 0 Å². The van der Waals surface area contributed by atoms with Gasteiger partial charge in [-0.25, -0.2) is 8.42 Å². The molecule has 1 aliphatic rings. The van der Waals surface area contributed by atoms with Gasteiger partial charge >= 0.3 is 0 Å². The maximum atomic E-state index is 11.8. The Morgan fingerprint density at radius 2 is 2.05 bits per heavy atom. The molecule has 4 nitrogen and oxygen atoms in total. The lowest BCUT2D eigenvalue weighted by molar-refractivity contribution is 0.587. The summed E-state index contributed by atoms with van der Waals surface area (Å²) >= 11 is 3.52. The lowest BCUT2D eigenvalue weighted by atomic mass is 10.1. The highest BCUT2D eigenvalue weighted by molar-refractivity contribution is 9.10. The highest BCUT2D eigenvalue weighted by Crippen LogP contribution is 2.26. The van der Waals surface area contributed by atoms with Crippen LogP contribution in [0, 0.1) is 0 Å². The summed E-state index contributed by atoms with van der Waals surface area (Å²) < 4.78 is 24.6. The monoisotopic (exact) mass is 374 g/mol. The fraction of sp³-hybridized carbons (Fsp3) is 0.600. The van der Waals surface area contributed by atoms with Gasteiger partial charge in [0.05, 0.1) is 11.5 Å². The molecule has 0 bridgehead atoms. The van der Waals surface area contributed by atoms with Crippen LogP contribution in [0.15, 0.2) is 22.7 Å². The van der Waals surface area contributed by atoms with E-state index in [4.69, 9.17) is 0 Å². The van der Waals surface area contributed by atoms with Crippen molar-refractivity contribution in [1.82, 2.24) is 5.32 Å². The van der Waals surface area contributed by atoms with E-state index in [1.54, 1.807) is 0 Å². The molecule has 0 unspecified atom stereocenters. The Hall–Kier alpha value is -0.590. The van der Waals surface area contributed by atoms with E-state index in [-0.39, 0.29) is 5.75 Å². The van der Waals surface area contributed by atoms with Gasteiger partial charge in [0.2, 0.25) is 0 Å². The Bertz CT molecular complexity index is 587. The highest BCUT2D eigenvalue weighted by Gasteiger charge is 2.20. The molecule has 0 aromatic heterocycles. The van der Waals surface area contributed by atoms with Crippen molar-refractivity contribution >= 4 is 31.5 Å². The number of nitrogens with one attached hydrogen (secondary N) is 1. The van der Waals surface area contributed by atoms with Crippen molar-refractivity contribution in [3.8, 4) is 0 Å². The van der Waals surface area contributed by atoms with Gasteiger partial charge in [0, 0.05) is 35.8 Å². The lowest BCUT2D eigenvalue weighted by Gasteiger charge is -2.25. The normalized spacial score (nSPS) is 18.8. The predicted molar refractivity (Wildman–Crippen MR) is 91.6 cm³/mol. The zero-order chi connectivity index (χ0) is 15.5. The molecule has 0 saturated carbocycles. The van der Waals surface area contributed by atoms with Crippen LogP contribution in [-0.2, 0) is 16.4 Å². The molecule has 0 aliphatic carbocycles. The largest absolute Gasteiger partial charge is 0.370 e. The van der Waals surface area contributed by atoms with Gasteiger partial charge < -0.3 is 10.2 Å². The molecule has 118 valence electrons. The third kappa shape index (κ3) is 4.97. The van der Waals surface area contributed by atoms with E-state index in [0.717, 1.165) is 23.2 Å². The average molecular weight is 375 g/mol. The lowest BCUT2D eigenvalue weighted by Crippen LogP contribution is -2.29. The van der Waals surface area contributed by atoms with Crippen molar-refractivity contribution in [3.05, 3.63) is 28.2 Å². The van der Waals surface area contributed by atoms with Crippen LogP contribution < -0.4 is 10.2 Å². The quantitative estimate of drug-likeness (QED) is 0.879. The first kappa shape index (κ1) is 16.8. The molecule has 1 saturated heterocycles. The smallest absolute Gasteiger partial charge is 0.152 e. The molecular weight excluding hydrogens is 352 g/mol. The topological polar surface area (TPSA) is 49.4 Å². The Morgan fingerprint density at radius 1 is 1.29 bits per heavy atom. The summed E-state index contributed by atoms with van der Waals surface area (Å²) in [4.78, 5) is 2.20. The summed E-state index contributed by atoms with van der Waals surface area (Å²) in [6, 6.07) is 6.64. The summed E-state index contributed by atoms with van der Waals surface area (Å²) in [5, 5.41) is 3.43. The molecular formula is C15H23BrN2O2S. The number of hydrogen-bond donors (Lipinski definition) is 1. The van der Waals surface area contributed by atoms with Gasteiger partial charge in [-0.05, 0) is 30.2 Å². The van der Waals surface area contributed by atoms with Gasteiger partial charge in [-0.2, -0.15) is 0 Å². The third-order valence-electron chi connectivity index (χ3n) is 3.64. The summed E-state index contributed by atoms with van der Waals surface area (Å²) in [5.41, 5.74) is 2.35. The minimum absolute atomic E-state index is 0.250. The van der Waals surface area contributed by atoms with Gasteiger partial charge in [0.1, 0.15) is 0 Å². The van der Waals surface area contributed by atoms with E-state index in [2.05, 4.69) is 52.1 Å². The molecule has 1 heterocycles. The first-order valence-corrected chi connectivity index (χ1v) is 9.96. The van der Waals surface area contributed by atoms with Gasteiger partial charge in [0.25, 0.3) is 0 Å². The van der Waals surface area contributed by atoms with Crippen LogP contribution in [0.3, 0.4) is 0 Å². The van der Waals surface area contributed by atoms with E-state index in [1.807, 2.05) is 6.07 Å². The van der Waals surface area contributed by atoms with Gasteiger partial charge in [-0.3, -0.25) is 0 Å². The van der Waals surface area contributed by atoms with Gasteiger partial charge in [-0.15, -0.1) is 0 Å². The van der Waals surface area contributed by atoms with Crippen molar-refractivity contribution < 1.29 is 8.42 Å². The second-order valence-corrected chi connectivity index (χ2v) is 9.02. The van der Waals surface area contributed by atoms with Crippen molar-refractivity contribution in [3.63, 3.8) is 0 Å².